The molecule has 0 fully saturated rings. The topological polar surface area (TPSA) is 30.2 Å². The van der Waals surface area contributed by atoms with E-state index in [1.165, 1.54) is 0 Å². The van der Waals surface area contributed by atoms with Gasteiger partial charge in [-0.1, -0.05) is 20.4 Å². The summed E-state index contributed by atoms with van der Waals surface area (Å²) in [4.78, 5) is 3.90. The first-order valence-electron chi connectivity index (χ1n) is 3.87. The number of rotatable bonds is 3. The van der Waals surface area contributed by atoms with Gasteiger partial charge < -0.3 is 0 Å². The standard InChI is InChI=1S/C9H13N3/c1-5-12-9(10-4)8(6-11-12)7(2)3/h5-7H,1,4H2,2-3H3. The predicted molar refractivity (Wildman–Crippen MR) is 51.9 cm³/mol. The molecule has 3 nitrogen and oxygen atoms in total. The molecule has 0 atom stereocenters. The molecule has 0 amide bonds. The van der Waals surface area contributed by atoms with Crippen LogP contribution in [-0.2, 0) is 0 Å². The van der Waals surface area contributed by atoms with E-state index >= 15 is 0 Å². The Morgan fingerprint density at radius 1 is 1.67 bits per heavy atom. The second kappa shape index (κ2) is 3.34. The zero-order valence-electron chi connectivity index (χ0n) is 7.49. The van der Waals surface area contributed by atoms with Gasteiger partial charge >= 0.3 is 0 Å². The zero-order valence-corrected chi connectivity index (χ0v) is 7.49. The highest BCUT2D eigenvalue weighted by Gasteiger charge is 2.09. The summed E-state index contributed by atoms with van der Waals surface area (Å²) in [5.41, 5.74) is 1.10. The third-order valence-electron chi connectivity index (χ3n) is 1.74. The molecule has 0 spiro atoms. The van der Waals surface area contributed by atoms with Gasteiger partial charge in [0.05, 0.1) is 6.20 Å². The van der Waals surface area contributed by atoms with E-state index in [0.717, 1.165) is 11.4 Å². The van der Waals surface area contributed by atoms with Crippen molar-refractivity contribution >= 4 is 18.7 Å². The first-order chi connectivity index (χ1) is 5.70. The van der Waals surface area contributed by atoms with Crippen molar-refractivity contribution in [2.45, 2.75) is 19.8 Å². The summed E-state index contributed by atoms with van der Waals surface area (Å²) in [6.45, 7) is 11.3. The van der Waals surface area contributed by atoms with Crippen LogP contribution in [0.3, 0.4) is 0 Å². The van der Waals surface area contributed by atoms with Crippen LogP contribution in [0.25, 0.3) is 6.20 Å². The summed E-state index contributed by atoms with van der Waals surface area (Å²) < 4.78 is 1.63. The van der Waals surface area contributed by atoms with E-state index in [4.69, 9.17) is 0 Å². The Hall–Kier alpha value is -1.38. The normalized spacial score (nSPS) is 10.2. The quantitative estimate of drug-likeness (QED) is 0.629. The van der Waals surface area contributed by atoms with Gasteiger partial charge in [0.15, 0.2) is 5.82 Å². The van der Waals surface area contributed by atoms with E-state index in [2.05, 4.69) is 37.2 Å². The number of aliphatic imine (C=N–C) groups is 1. The highest BCUT2D eigenvalue weighted by atomic mass is 15.3. The van der Waals surface area contributed by atoms with Crippen LogP contribution in [0.4, 0.5) is 5.82 Å². The largest absolute Gasteiger partial charge is 0.245 e. The van der Waals surface area contributed by atoms with E-state index < -0.39 is 0 Å². The lowest BCUT2D eigenvalue weighted by atomic mass is 10.1. The van der Waals surface area contributed by atoms with Gasteiger partial charge in [-0.2, -0.15) is 5.10 Å². The maximum Gasteiger partial charge on any atom is 0.157 e. The van der Waals surface area contributed by atoms with Crippen molar-refractivity contribution in [1.29, 1.82) is 0 Å². The molecule has 0 aliphatic carbocycles. The summed E-state index contributed by atoms with van der Waals surface area (Å²) in [6.07, 6.45) is 3.42. The molecule has 0 saturated heterocycles. The number of nitrogens with zero attached hydrogens (tertiary/aromatic N) is 3. The molecule has 3 heteroatoms. The van der Waals surface area contributed by atoms with Crippen molar-refractivity contribution in [3.63, 3.8) is 0 Å². The molecule has 1 aromatic rings. The molecule has 0 aliphatic rings. The van der Waals surface area contributed by atoms with Gasteiger partial charge in [-0.05, 0) is 12.6 Å². The fourth-order valence-electron chi connectivity index (χ4n) is 1.07. The summed E-state index contributed by atoms with van der Waals surface area (Å²) >= 11 is 0. The van der Waals surface area contributed by atoms with Crippen LogP contribution in [-0.4, -0.2) is 16.5 Å². The molecular weight excluding hydrogens is 150 g/mol. The van der Waals surface area contributed by atoms with Crippen molar-refractivity contribution < 1.29 is 0 Å². The summed E-state index contributed by atoms with van der Waals surface area (Å²) in [7, 11) is 0. The third-order valence-corrected chi connectivity index (χ3v) is 1.74. The zero-order chi connectivity index (χ0) is 9.14. The SMILES string of the molecule is C=Cn1ncc(C(C)C)c1N=C. The Morgan fingerprint density at radius 3 is 2.75 bits per heavy atom. The molecule has 1 rings (SSSR count). The van der Waals surface area contributed by atoms with Crippen molar-refractivity contribution in [1.82, 2.24) is 9.78 Å². The van der Waals surface area contributed by atoms with Gasteiger partial charge in [-0.25, -0.2) is 9.67 Å². The van der Waals surface area contributed by atoms with Crippen LogP contribution in [0.5, 0.6) is 0 Å². The number of hydrogen-bond acceptors (Lipinski definition) is 2. The Balaban J connectivity index is 3.22. The fraction of sp³-hybridized carbons (Fsp3) is 0.333. The maximum absolute atomic E-state index is 4.09. The first kappa shape index (κ1) is 8.71. The van der Waals surface area contributed by atoms with E-state index in [1.54, 1.807) is 17.1 Å². The van der Waals surface area contributed by atoms with Gasteiger partial charge in [0.25, 0.3) is 0 Å². The minimum absolute atomic E-state index is 0.416. The number of aromatic nitrogens is 2. The molecule has 0 N–H and O–H groups in total. The molecule has 64 valence electrons. The van der Waals surface area contributed by atoms with E-state index in [0.29, 0.717) is 5.92 Å². The highest BCUT2D eigenvalue weighted by Crippen LogP contribution is 2.25. The molecule has 0 aliphatic heterocycles. The average molecular weight is 163 g/mol. The summed E-state index contributed by atoms with van der Waals surface area (Å²) in [5.74, 6) is 1.21. The molecular formula is C9H13N3. The minimum Gasteiger partial charge on any atom is -0.245 e. The first-order valence-corrected chi connectivity index (χ1v) is 3.87. The Labute approximate surface area is 72.4 Å². The van der Waals surface area contributed by atoms with Crippen LogP contribution >= 0.6 is 0 Å². The molecule has 0 unspecified atom stereocenters. The minimum atomic E-state index is 0.416. The number of hydrogen-bond donors (Lipinski definition) is 0. The Morgan fingerprint density at radius 2 is 2.33 bits per heavy atom. The average Bonchev–Trinajstić information content (AvgIpc) is 2.46. The summed E-state index contributed by atoms with van der Waals surface area (Å²) in [5, 5.41) is 4.09. The fourth-order valence-corrected chi connectivity index (χ4v) is 1.07. The lowest BCUT2D eigenvalue weighted by Crippen LogP contribution is -1.88. The smallest absolute Gasteiger partial charge is 0.157 e. The van der Waals surface area contributed by atoms with Crippen LogP contribution < -0.4 is 0 Å². The van der Waals surface area contributed by atoms with Crippen LogP contribution in [0.1, 0.15) is 25.3 Å². The van der Waals surface area contributed by atoms with Gasteiger partial charge in [0, 0.05) is 11.8 Å². The van der Waals surface area contributed by atoms with Gasteiger partial charge in [-0.3, -0.25) is 0 Å². The molecule has 0 radical (unpaired) electrons. The van der Waals surface area contributed by atoms with Gasteiger partial charge in [0.1, 0.15) is 0 Å². The molecule has 0 aromatic carbocycles. The van der Waals surface area contributed by atoms with Crippen LogP contribution in [0.2, 0.25) is 0 Å². The summed E-state index contributed by atoms with van der Waals surface area (Å²) in [6, 6.07) is 0. The van der Waals surface area contributed by atoms with E-state index in [1.807, 2.05) is 0 Å². The van der Waals surface area contributed by atoms with Crippen molar-refractivity contribution in [2.75, 3.05) is 0 Å². The predicted octanol–water partition coefficient (Wildman–Crippen LogP) is 2.44. The maximum atomic E-state index is 4.09. The second-order valence-corrected chi connectivity index (χ2v) is 2.86. The van der Waals surface area contributed by atoms with E-state index in [9.17, 15) is 0 Å². The van der Waals surface area contributed by atoms with Crippen molar-refractivity contribution in [3.05, 3.63) is 18.3 Å². The Bertz CT molecular complexity index is 297. The molecule has 0 saturated carbocycles. The van der Waals surface area contributed by atoms with E-state index in [-0.39, 0.29) is 0 Å². The second-order valence-electron chi connectivity index (χ2n) is 2.86. The molecule has 0 bridgehead atoms. The molecule has 12 heavy (non-hydrogen) atoms. The Kier molecular flexibility index (Phi) is 2.43. The third kappa shape index (κ3) is 1.30. The molecule has 1 aromatic heterocycles. The highest BCUT2D eigenvalue weighted by molar-refractivity contribution is 5.50. The van der Waals surface area contributed by atoms with Gasteiger partial charge in [0.2, 0.25) is 0 Å². The lowest BCUT2D eigenvalue weighted by molar-refractivity contribution is 0.866. The van der Waals surface area contributed by atoms with Crippen molar-refractivity contribution in [2.24, 2.45) is 4.99 Å². The van der Waals surface area contributed by atoms with Gasteiger partial charge in [-0.15, -0.1) is 0 Å². The monoisotopic (exact) mass is 163 g/mol. The lowest BCUT2D eigenvalue weighted by Gasteiger charge is -2.02. The van der Waals surface area contributed by atoms with Crippen molar-refractivity contribution in [3.8, 4) is 0 Å². The van der Waals surface area contributed by atoms with Crippen LogP contribution in [0, 0.1) is 0 Å². The molecule has 1 heterocycles. The van der Waals surface area contributed by atoms with Crippen LogP contribution in [0.15, 0.2) is 17.8 Å².